The number of fused-ring (bicyclic) bond motifs is 1. The fourth-order valence-corrected chi connectivity index (χ4v) is 3.44. The van der Waals surface area contributed by atoms with Crippen LogP contribution in [0.2, 0.25) is 5.02 Å². The van der Waals surface area contributed by atoms with Gasteiger partial charge in [-0.25, -0.2) is 4.98 Å². The Bertz CT molecular complexity index is 869. The molecule has 5 heteroatoms. The van der Waals surface area contributed by atoms with Gasteiger partial charge in [0, 0.05) is 10.4 Å². The number of nitrogens with one attached hydrogen (secondary N) is 1. The van der Waals surface area contributed by atoms with Gasteiger partial charge in [0.15, 0.2) is 0 Å². The van der Waals surface area contributed by atoms with Crippen molar-refractivity contribution in [2.75, 3.05) is 5.75 Å². The predicted octanol–water partition coefficient (Wildman–Crippen LogP) is 4.86. The average molecular weight is 357 g/mol. The number of rotatable bonds is 5. The Balaban J connectivity index is 1.59. The minimum Gasteiger partial charge on any atom is -0.349 e. The van der Waals surface area contributed by atoms with E-state index < -0.39 is 0 Å². The minimum atomic E-state index is -0.128. The van der Waals surface area contributed by atoms with Crippen molar-refractivity contribution in [3.63, 3.8) is 0 Å². The molecule has 1 N–H and O–H groups in total. The van der Waals surface area contributed by atoms with Gasteiger partial charge in [-0.1, -0.05) is 65.8 Å². The maximum atomic E-state index is 12.2. The smallest absolute Gasteiger partial charge is 0.230 e. The molecule has 0 bridgehead atoms. The summed E-state index contributed by atoms with van der Waals surface area (Å²) in [6.07, 6.45) is 0. The summed E-state index contributed by atoms with van der Waals surface area (Å²) in [6, 6.07) is 19.3. The van der Waals surface area contributed by atoms with Crippen LogP contribution in [0.1, 0.15) is 18.5 Å². The van der Waals surface area contributed by atoms with Crippen LogP contribution in [0.3, 0.4) is 0 Å². The van der Waals surface area contributed by atoms with E-state index in [1.54, 1.807) is 0 Å². The molecule has 3 rings (SSSR count). The number of carbonyl (C=O) groups is 1. The van der Waals surface area contributed by atoms with E-state index >= 15 is 0 Å². The van der Waals surface area contributed by atoms with E-state index in [0.29, 0.717) is 10.8 Å². The molecule has 0 aliphatic heterocycles. The SMILES string of the molecule is C[C@@H](NC(=O)CSc1ccc2ccccc2n1)c1ccccc1Cl. The molecule has 0 aliphatic rings. The van der Waals surface area contributed by atoms with Crippen molar-refractivity contribution in [3.05, 3.63) is 71.2 Å². The van der Waals surface area contributed by atoms with Gasteiger partial charge < -0.3 is 5.32 Å². The zero-order chi connectivity index (χ0) is 16.9. The molecule has 1 atom stereocenters. The summed E-state index contributed by atoms with van der Waals surface area (Å²) in [4.78, 5) is 16.7. The number of amides is 1. The zero-order valence-corrected chi connectivity index (χ0v) is 14.8. The molecule has 0 spiro atoms. The quantitative estimate of drug-likeness (QED) is 0.664. The van der Waals surface area contributed by atoms with Crippen molar-refractivity contribution < 1.29 is 4.79 Å². The van der Waals surface area contributed by atoms with Crippen LogP contribution in [0.15, 0.2) is 65.7 Å². The first kappa shape index (κ1) is 16.8. The predicted molar refractivity (Wildman–Crippen MR) is 100 cm³/mol. The molecule has 24 heavy (non-hydrogen) atoms. The first-order chi connectivity index (χ1) is 11.6. The van der Waals surface area contributed by atoms with Gasteiger partial charge in [-0.15, -0.1) is 0 Å². The fourth-order valence-electron chi connectivity index (χ4n) is 2.45. The summed E-state index contributed by atoms with van der Waals surface area (Å²) < 4.78 is 0. The van der Waals surface area contributed by atoms with Crippen LogP contribution in [-0.4, -0.2) is 16.6 Å². The molecule has 0 saturated heterocycles. The third-order valence-corrected chi connectivity index (χ3v) is 4.95. The lowest BCUT2D eigenvalue weighted by atomic mass is 10.1. The van der Waals surface area contributed by atoms with Crippen LogP contribution in [0.25, 0.3) is 10.9 Å². The summed E-state index contributed by atoms with van der Waals surface area (Å²) >= 11 is 7.59. The van der Waals surface area contributed by atoms with E-state index in [9.17, 15) is 4.79 Å². The first-order valence-electron chi connectivity index (χ1n) is 7.66. The summed E-state index contributed by atoms with van der Waals surface area (Å²) in [7, 11) is 0. The Hall–Kier alpha value is -2.04. The Labute approximate surface area is 150 Å². The number of benzene rings is 2. The number of carbonyl (C=O) groups excluding carboxylic acids is 1. The highest BCUT2D eigenvalue weighted by atomic mass is 35.5. The van der Waals surface area contributed by atoms with Gasteiger partial charge in [0.2, 0.25) is 5.91 Å². The first-order valence-corrected chi connectivity index (χ1v) is 9.02. The van der Waals surface area contributed by atoms with E-state index in [4.69, 9.17) is 11.6 Å². The summed E-state index contributed by atoms with van der Waals surface area (Å²) in [6.45, 7) is 1.93. The van der Waals surface area contributed by atoms with Crippen LogP contribution in [0.5, 0.6) is 0 Å². The van der Waals surface area contributed by atoms with Crippen molar-refractivity contribution in [2.24, 2.45) is 0 Å². The highest BCUT2D eigenvalue weighted by Crippen LogP contribution is 2.23. The van der Waals surface area contributed by atoms with Gasteiger partial charge in [0.25, 0.3) is 0 Å². The maximum Gasteiger partial charge on any atom is 0.230 e. The Morgan fingerprint density at radius 2 is 1.88 bits per heavy atom. The second-order valence-electron chi connectivity index (χ2n) is 5.44. The van der Waals surface area contributed by atoms with E-state index in [2.05, 4.69) is 10.3 Å². The van der Waals surface area contributed by atoms with E-state index in [1.807, 2.05) is 67.6 Å². The Morgan fingerprint density at radius 1 is 1.12 bits per heavy atom. The van der Waals surface area contributed by atoms with Crippen LogP contribution >= 0.6 is 23.4 Å². The average Bonchev–Trinajstić information content (AvgIpc) is 2.60. The van der Waals surface area contributed by atoms with Crippen molar-refractivity contribution >= 4 is 40.2 Å². The molecular formula is C19H17ClN2OS. The lowest BCUT2D eigenvalue weighted by molar-refractivity contribution is -0.119. The number of para-hydroxylation sites is 1. The number of halogens is 1. The van der Waals surface area contributed by atoms with E-state index in [0.717, 1.165) is 21.5 Å². The second kappa shape index (κ2) is 7.69. The van der Waals surface area contributed by atoms with Crippen LogP contribution in [0, 0.1) is 0 Å². The summed E-state index contributed by atoms with van der Waals surface area (Å²) in [5, 5.41) is 5.57. The third kappa shape index (κ3) is 4.08. The Kier molecular flexibility index (Phi) is 5.38. The normalized spacial score (nSPS) is 12.1. The topological polar surface area (TPSA) is 42.0 Å². The highest BCUT2D eigenvalue weighted by molar-refractivity contribution is 7.99. The lowest BCUT2D eigenvalue weighted by Crippen LogP contribution is -2.28. The zero-order valence-electron chi connectivity index (χ0n) is 13.2. The molecule has 1 heterocycles. The van der Waals surface area contributed by atoms with Gasteiger partial charge in [0.05, 0.1) is 22.3 Å². The van der Waals surface area contributed by atoms with E-state index in [1.165, 1.54) is 11.8 Å². The molecule has 3 nitrogen and oxygen atoms in total. The van der Waals surface area contributed by atoms with E-state index in [-0.39, 0.29) is 11.9 Å². The lowest BCUT2D eigenvalue weighted by Gasteiger charge is -2.15. The van der Waals surface area contributed by atoms with Crippen LogP contribution in [0.4, 0.5) is 0 Å². The van der Waals surface area contributed by atoms with Crippen molar-refractivity contribution in [1.82, 2.24) is 10.3 Å². The standard InChI is InChI=1S/C19H17ClN2OS/c1-13(15-7-3-4-8-16(15)20)21-18(23)12-24-19-11-10-14-6-2-5-9-17(14)22-19/h2-11,13H,12H2,1H3,(H,21,23)/t13-/m1/s1. The largest absolute Gasteiger partial charge is 0.349 e. The number of hydrogen-bond acceptors (Lipinski definition) is 3. The van der Waals surface area contributed by atoms with Gasteiger partial charge in [-0.3, -0.25) is 4.79 Å². The highest BCUT2D eigenvalue weighted by Gasteiger charge is 2.12. The van der Waals surface area contributed by atoms with Gasteiger partial charge in [-0.05, 0) is 30.7 Å². The van der Waals surface area contributed by atoms with Crippen molar-refractivity contribution in [2.45, 2.75) is 18.0 Å². The summed E-state index contributed by atoms with van der Waals surface area (Å²) in [5.74, 6) is 0.280. The summed E-state index contributed by atoms with van der Waals surface area (Å²) in [5.41, 5.74) is 1.86. The number of pyridine rings is 1. The minimum absolute atomic E-state index is 0.0395. The molecular weight excluding hydrogens is 340 g/mol. The van der Waals surface area contributed by atoms with Gasteiger partial charge in [0.1, 0.15) is 0 Å². The molecule has 0 fully saturated rings. The van der Waals surface area contributed by atoms with Gasteiger partial charge in [-0.2, -0.15) is 0 Å². The molecule has 0 aliphatic carbocycles. The van der Waals surface area contributed by atoms with Crippen molar-refractivity contribution in [1.29, 1.82) is 0 Å². The molecule has 1 amide bonds. The number of hydrogen-bond donors (Lipinski definition) is 1. The van der Waals surface area contributed by atoms with Crippen LogP contribution in [-0.2, 0) is 4.79 Å². The monoisotopic (exact) mass is 356 g/mol. The maximum absolute atomic E-state index is 12.2. The molecule has 2 aromatic carbocycles. The number of nitrogens with zero attached hydrogens (tertiary/aromatic N) is 1. The Morgan fingerprint density at radius 3 is 2.71 bits per heavy atom. The molecule has 0 saturated carbocycles. The van der Waals surface area contributed by atoms with Crippen LogP contribution < -0.4 is 5.32 Å². The molecule has 122 valence electrons. The third-order valence-electron chi connectivity index (χ3n) is 3.67. The van der Waals surface area contributed by atoms with Crippen molar-refractivity contribution in [3.8, 4) is 0 Å². The fraction of sp³-hybridized carbons (Fsp3) is 0.158. The number of thioether (sulfide) groups is 1. The van der Waals surface area contributed by atoms with Gasteiger partial charge >= 0.3 is 0 Å². The molecule has 3 aromatic rings. The molecule has 0 radical (unpaired) electrons. The molecule has 0 unspecified atom stereocenters. The number of aromatic nitrogens is 1. The second-order valence-corrected chi connectivity index (χ2v) is 6.84. The molecule has 1 aromatic heterocycles.